The Bertz CT molecular complexity index is 1030. The molecule has 4 rings (SSSR count). The summed E-state index contributed by atoms with van der Waals surface area (Å²) in [5.41, 5.74) is 6.68. The third-order valence-electron chi connectivity index (χ3n) is 5.48. The number of fused-ring (bicyclic) bond motifs is 1. The van der Waals surface area contributed by atoms with Crippen molar-refractivity contribution in [3.8, 4) is 10.6 Å². The molecule has 0 spiro atoms. The maximum Gasteiger partial charge on any atom is 0.249 e. The number of rotatable bonds is 6. The van der Waals surface area contributed by atoms with Crippen LogP contribution in [0, 0.1) is 5.92 Å². The van der Waals surface area contributed by atoms with E-state index in [9.17, 15) is 4.79 Å². The number of likely N-dealkylation sites (tertiary alicyclic amines) is 1. The van der Waals surface area contributed by atoms with Crippen LogP contribution in [0.2, 0.25) is 5.02 Å². The Morgan fingerprint density at radius 2 is 2.17 bits per heavy atom. The Labute approximate surface area is 179 Å². The highest BCUT2D eigenvalue weighted by molar-refractivity contribution is 7.22. The van der Waals surface area contributed by atoms with E-state index in [1.54, 1.807) is 12.3 Å². The van der Waals surface area contributed by atoms with Gasteiger partial charge in [0.1, 0.15) is 5.69 Å². The Hall–Kier alpha value is -2.22. The quantitative estimate of drug-likeness (QED) is 0.611. The van der Waals surface area contributed by atoms with Gasteiger partial charge >= 0.3 is 0 Å². The number of primary amides is 1. The highest BCUT2D eigenvalue weighted by atomic mass is 35.5. The number of amides is 1. The molecule has 1 amide bonds. The lowest BCUT2D eigenvalue weighted by atomic mass is 9.94. The predicted octanol–water partition coefficient (Wildman–Crippen LogP) is 4.25. The first-order valence-electron chi connectivity index (χ1n) is 9.79. The van der Waals surface area contributed by atoms with Crippen LogP contribution in [-0.2, 0) is 0 Å². The monoisotopic (exact) mass is 429 g/mol. The first-order chi connectivity index (χ1) is 14.0. The van der Waals surface area contributed by atoms with E-state index in [0.29, 0.717) is 22.2 Å². The number of halogens is 1. The number of anilines is 1. The van der Waals surface area contributed by atoms with Crippen molar-refractivity contribution in [1.82, 2.24) is 14.9 Å². The summed E-state index contributed by atoms with van der Waals surface area (Å²) >= 11 is 7.92. The molecule has 3 aromatic rings. The fourth-order valence-electron chi connectivity index (χ4n) is 3.76. The van der Waals surface area contributed by atoms with Gasteiger partial charge in [-0.15, -0.1) is 11.3 Å². The largest absolute Gasteiger partial charge is 0.366 e. The van der Waals surface area contributed by atoms with Crippen LogP contribution in [0.15, 0.2) is 30.5 Å². The zero-order valence-corrected chi connectivity index (χ0v) is 17.9. The van der Waals surface area contributed by atoms with Crippen molar-refractivity contribution in [2.75, 3.05) is 32.0 Å². The van der Waals surface area contributed by atoms with E-state index in [-0.39, 0.29) is 0 Å². The fourth-order valence-corrected chi connectivity index (χ4v) is 5.10. The van der Waals surface area contributed by atoms with Crippen LogP contribution in [-0.4, -0.2) is 47.5 Å². The molecule has 0 saturated carbocycles. The molecule has 2 aromatic heterocycles. The van der Waals surface area contributed by atoms with Gasteiger partial charge in [0.05, 0.1) is 16.1 Å². The number of hydrogen-bond donors (Lipinski definition) is 2. The smallest absolute Gasteiger partial charge is 0.249 e. The van der Waals surface area contributed by atoms with Gasteiger partial charge in [-0.05, 0) is 63.5 Å². The van der Waals surface area contributed by atoms with Gasteiger partial charge in [0.15, 0.2) is 0 Å². The van der Waals surface area contributed by atoms with Crippen LogP contribution in [0.1, 0.15) is 29.6 Å². The van der Waals surface area contributed by atoms with Crippen molar-refractivity contribution in [3.05, 3.63) is 41.0 Å². The van der Waals surface area contributed by atoms with Gasteiger partial charge in [0.2, 0.25) is 11.9 Å². The Balaban J connectivity index is 1.50. The molecule has 0 radical (unpaired) electrons. The second-order valence-electron chi connectivity index (χ2n) is 7.54. The van der Waals surface area contributed by atoms with Crippen molar-refractivity contribution in [2.24, 2.45) is 11.7 Å². The molecule has 1 aliphatic heterocycles. The normalized spacial score (nSPS) is 15.7. The van der Waals surface area contributed by atoms with Crippen LogP contribution in [0.25, 0.3) is 20.7 Å². The van der Waals surface area contributed by atoms with Crippen molar-refractivity contribution >= 4 is 44.9 Å². The number of benzene rings is 1. The highest BCUT2D eigenvalue weighted by Gasteiger charge is 2.17. The Morgan fingerprint density at radius 1 is 1.38 bits per heavy atom. The number of hydrogen-bond acceptors (Lipinski definition) is 6. The fraction of sp³-hybridized carbons (Fsp3) is 0.381. The van der Waals surface area contributed by atoms with Gasteiger partial charge in [0.25, 0.3) is 0 Å². The van der Waals surface area contributed by atoms with Gasteiger partial charge in [0, 0.05) is 22.2 Å². The third-order valence-corrected chi connectivity index (χ3v) is 6.86. The molecular weight excluding hydrogens is 406 g/mol. The molecule has 152 valence electrons. The Morgan fingerprint density at radius 3 is 2.93 bits per heavy atom. The second-order valence-corrected chi connectivity index (χ2v) is 9.04. The van der Waals surface area contributed by atoms with E-state index < -0.39 is 5.91 Å². The average Bonchev–Trinajstić information content (AvgIpc) is 3.14. The van der Waals surface area contributed by atoms with E-state index >= 15 is 0 Å². The summed E-state index contributed by atoms with van der Waals surface area (Å²) in [6.07, 6.45) is 5.23. The molecule has 1 aromatic carbocycles. The number of nitrogens with one attached hydrogen (secondary N) is 1. The van der Waals surface area contributed by atoms with E-state index in [0.717, 1.165) is 33.8 Å². The van der Waals surface area contributed by atoms with Crippen LogP contribution in [0.4, 0.5) is 5.95 Å². The van der Waals surface area contributed by atoms with Crippen molar-refractivity contribution in [3.63, 3.8) is 0 Å². The van der Waals surface area contributed by atoms with E-state index in [2.05, 4.69) is 27.2 Å². The lowest BCUT2D eigenvalue weighted by Gasteiger charge is -2.28. The third kappa shape index (κ3) is 4.52. The minimum absolute atomic E-state index is 0.440. The minimum Gasteiger partial charge on any atom is -0.366 e. The summed E-state index contributed by atoms with van der Waals surface area (Å²) in [5.74, 6) is 0.884. The van der Waals surface area contributed by atoms with Crippen LogP contribution >= 0.6 is 22.9 Å². The molecule has 0 atom stereocenters. The molecular formula is C21H24ClN5OS. The standard InChI is InChI=1S/C21H24ClN5OS/c1-27-9-6-13(7-10-27)5-8-24-21-25-12-16(22)19(26-21)18-11-15-14(20(23)28)3-2-4-17(15)29-18/h2-4,11-13H,5-10H2,1H3,(H2,23,28)(H,24,25,26). The molecule has 3 heterocycles. The Kier molecular flexibility index (Phi) is 5.99. The minimum atomic E-state index is -0.440. The molecule has 1 saturated heterocycles. The van der Waals surface area contributed by atoms with Crippen LogP contribution < -0.4 is 11.1 Å². The molecule has 0 aliphatic carbocycles. The molecule has 3 N–H and O–H groups in total. The summed E-state index contributed by atoms with van der Waals surface area (Å²) in [7, 11) is 2.18. The zero-order valence-electron chi connectivity index (χ0n) is 16.3. The highest BCUT2D eigenvalue weighted by Crippen LogP contribution is 2.37. The first-order valence-corrected chi connectivity index (χ1v) is 11.0. The average molecular weight is 430 g/mol. The summed E-state index contributed by atoms with van der Waals surface area (Å²) in [5, 5.41) is 4.65. The number of carbonyl (C=O) groups excluding carboxylic acids is 1. The first kappa shape index (κ1) is 20.1. The van der Waals surface area contributed by atoms with Crippen molar-refractivity contribution < 1.29 is 4.79 Å². The van der Waals surface area contributed by atoms with Crippen molar-refractivity contribution in [1.29, 1.82) is 0 Å². The number of nitrogens with two attached hydrogens (primary N) is 1. The summed E-state index contributed by atoms with van der Waals surface area (Å²) in [4.78, 5) is 23.9. The number of thiophene rings is 1. The van der Waals surface area contributed by atoms with Crippen molar-refractivity contribution in [2.45, 2.75) is 19.3 Å². The SMILES string of the molecule is CN1CCC(CCNc2ncc(Cl)c(-c3cc4c(C(N)=O)cccc4s3)n2)CC1. The lowest BCUT2D eigenvalue weighted by molar-refractivity contribution is 0.100. The summed E-state index contributed by atoms with van der Waals surface area (Å²) < 4.78 is 0.975. The molecule has 0 unspecified atom stereocenters. The zero-order chi connectivity index (χ0) is 20.4. The number of nitrogens with zero attached hydrogens (tertiary/aromatic N) is 3. The molecule has 6 nitrogen and oxygen atoms in total. The maximum atomic E-state index is 11.7. The molecule has 1 aliphatic rings. The van der Waals surface area contributed by atoms with Gasteiger partial charge in [-0.3, -0.25) is 4.79 Å². The van der Waals surface area contributed by atoms with E-state index in [1.807, 2.05) is 18.2 Å². The van der Waals surface area contributed by atoms with E-state index in [1.165, 1.54) is 37.3 Å². The number of piperidine rings is 1. The predicted molar refractivity (Wildman–Crippen MR) is 120 cm³/mol. The summed E-state index contributed by atoms with van der Waals surface area (Å²) in [6.45, 7) is 3.19. The van der Waals surface area contributed by atoms with Gasteiger partial charge < -0.3 is 16.0 Å². The summed E-state index contributed by atoms with van der Waals surface area (Å²) in [6, 6.07) is 7.46. The number of aromatic nitrogens is 2. The molecule has 0 bridgehead atoms. The molecule has 29 heavy (non-hydrogen) atoms. The lowest BCUT2D eigenvalue weighted by Crippen LogP contribution is -2.30. The van der Waals surface area contributed by atoms with E-state index in [4.69, 9.17) is 17.3 Å². The topological polar surface area (TPSA) is 84.1 Å². The van der Waals surface area contributed by atoms with Gasteiger partial charge in [-0.1, -0.05) is 17.7 Å². The second kappa shape index (κ2) is 8.65. The molecule has 1 fully saturated rings. The number of carbonyl (C=O) groups is 1. The maximum absolute atomic E-state index is 11.7. The molecule has 8 heteroatoms. The van der Waals surface area contributed by atoms with Crippen LogP contribution in [0.3, 0.4) is 0 Å². The van der Waals surface area contributed by atoms with Gasteiger partial charge in [-0.2, -0.15) is 0 Å². The van der Waals surface area contributed by atoms with Gasteiger partial charge in [-0.25, -0.2) is 9.97 Å². The van der Waals surface area contributed by atoms with Crippen LogP contribution in [0.5, 0.6) is 0 Å².